The third-order valence-electron chi connectivity index (χ3n) is 3.81. The van der Waals surface area contributed by atoms with Gasteiger partial charge in [0.1, 0.15) is 17.3 Å². The molecule has 11 heteroatoms. The molecule has 0 saturated heterocycles. The fraction of sp³-hybridized carbons (Fsp3) is 0.235. The van der Waals surface area contributed by atoms with Crippen LogP contribution in [-0.2, 0) is 16.6 Å². The highest BCUT2D eigenvalue weighted by Gasteiger charge is 2.23. The number of aromatic nitrogens is 3. The number of nitrogens with one attached hydrogen (secondary N) is 1. The number of sulfonamides is 1. The van der Waals surface area contributed by atoms with E-state index in [2.05, 4.69) is 14.8 Å². The molecule has 1 N–H and O–H groups in total. The molecule has 3 aromatic rings. The van der Waals surface area contributed by atoms with E-state index in [1.54, 1.807) is 6.07 Å². The maximum absolute atomic E-state index is 13.7. The number of thiazole rings is 1. The Balaban J connectivity index is 1.79. The molecule has 7 nitrogen and oxygen atoms in total. The van der Waals surface area contributed by atoms with Crippen molar-refractivity contribution >= 4 is 21.4 Å². The number of nitrogens with zero attached hydrogens (tertiary/aromatic N) is 3. The summed E-state index contributed by atoms with van der Waals surface area (Å²) in [5.74, 6) is -2.39. The zero-order valence-electron chi connectivity index (χ0n) is 14.9. The molecule has 0 aliphatic carbocycles. The van der Waals surface area contributed by atoms with E-state index in [1.165, 1.54) is 17.4 Å². The summed E-state index contributed by atoms with van der Waals surface area (Å²) in [5, 5.41) is 5.09. The maximum atomic E-state index is 13.7. The Kier molecular flexibility index (Phi) is 5.68. The fourth-order valence-corrected chi connectivity index (χ4v) is 4.64. The lowest BCUT2D eigenvalue weighted by molar-refractivity contribution is 0.508. The van der Waals surface area contributed by atoms with Crippen molar-refractivity contribution in [1.29, 1.82) is 0 Å². The quantitative estimate of drug-likeness (QED) is 0.653. The first-order valence-corrected chi connectivity index (χ1v) is 10.5. The van der Waals surface area contributed by atoms with Crippen LogP contribution in [-0.4, -0.2) is 29.7 Å². The number of hydrogen-bond acceptors (Lipinski definition) is 6. The monoisotopic (exact) mass is 426 g/mol. The second-order valence-electron chi connectivity index (χ2n) is 5.88. The number of halogens is 2. The normalized spacial score (nSPS) is 11.7. The number of aryl methyl sites for hydroxylation is 2. The summed E-state index contributed by atoms with van der Waals surface area (Å²) in [4.78, 5) is 16.1. The third-order valence-corrected chi connectivity index (χ3v) is 6.41. The minimum Gasteiger partial charge on any atom is -0.268 e. The largest absolute Gasteiger partial charge is 0.268 e. The van der Waals surface area contributed by atoms with Crippen LogP contribution in [0.15, 0.2) is 40.0 Å². The van der Waals surface area contributed by atoms with Gasteiger partial charge in [-0.05, 0) is 32.0 Å². The third kappa shape index (κ3) is 4.16. The highest BCUT2D eigenvalue weighted by atomic mass is 32.2. The molecule has 0 aliphatic rings. The molecule has 148 valence electrons. The topological polar surface area (TPSA) is 94.0 Å². The summed E-state index contributed by atoms with van der Waals surface area (Å²) in [6.07, 6.45) is 0. The summed E-state index contributed by atoms with van der Waals surface area (Å²) in [7, 11) is -4.42. The molecule has 0 fully saturated rings. The Hall–Kier alpha value is -2.50. The lowest BCUT2D eigenvalue weighted by atomic mass is 10.3. The van der Waals surface area contributed by atoms with E-state index in [1.807, 2.05) is 13.8 Å². The number of hydrogen-bond donors (Lipinski definition) is 1. The molecule has 0 atom stereocenters. The van der Waals surface area contributed by atoms with E-state index >= 15 is 0 Å². The van der Waals surface area contributed by atoms with Gasteiger partial charge in [-0.2, -0.15) is 5.10 Å². The van der Waals surface area contributed by atoms with Crippen LogP contribution in [0.1, 0.15) is 10.7 Å². The zero-order valence-corrected chi connectivity index (χ0v) is 16.6. The fourth-order valence-electron chi connectivity index (χ4n) is 2.60. The van der Waals surface area contributed by atoms with E-state index in [-0.39, 0.29) is 13.1 Å². The Bertz CT molecular complexity index is 1170. The first kappa shape index (κ1) is 20.2. The second-order valence-corrected chi connectivity index (χ2v) is 8.78. The first-order chi connectivity index (χ1) is 13.2. The van der Waals surface area contributed by atoms with Crippen molar-refractivity contribution in [3.63, 3.8) is 0 Å². The van der Waals surface area contributed by atoms with E-state index in [0.717, 1.165) is 38.5 Å². The predicted molar refractivity (Wildman–Crippen MR) is 101 cm³/mol. The van der Waals surface area contributed by atoms with Crippen LogP contribution in [0.25, 0.3) is 10.6 Å². The van der Waals surface area contributed by atoms with Crippen molar-refractivity contribution in [3.05, 3.63) is 63.0 Å². The van der Waals surface area contributed by atoms with Gasteiger partial charge < -0.3 is 0 Å². The molecule has 0 amide bonds. The van der Waals surface area contributed by atoms with Gasteiger partial charge in [-0.3, -0.25) is 4.79 Å². The molecule has 0 saturated carbocycles. The zero-order chi connectivity index (χ0) is 20.5. The molecule has 1 aromatic carbocycles. The van der Waals surface area contributed by atoms with Gasteiger partial charge in [-0.15, -0.1) is 11.3 Å². The summed E-state index contributed by atoms with van der Waals surface area (Å²) < 4.78 is 55.0. The Morgan fingerprint density at radius 2 is 1.82 bits per heavy atom. The summed E-state index contributed by atoms with van der Waals surface area (Å²) in [6, 6.07) is 5.67. The average Bonchev–Trinajstić information content (AvgIpc) is 2.94. The van der Waals surface area contributed by atoms with Crippen LogP contribution in [0.5, 0.6) is 0 Å². The van der Waals surface area contributed by atoms with Gasteiger partial charge in [-0.1, -0.05) is 6.07 Å². The van der Waals surface area contributed by atoms with Gasteiger partial charge in [0.05, 0.1) is 22.1 Å². The van der Waals surface area contributed by atoms with E-state index < -0.39 is 32.1 Å². The van der Waals surface area contributed by atoms with Crippen molar-refractivity contribution in [1.82, 2.24) is 19.5 Å². The predicted octanol–water partition coefficient (Wildman–Crippen LogP) is 2.24. The maximum Gasteiger partial charge on any atom is 0.266 e. The Labute approximate surface area is 163 Å². The average molecular weight is 426 g/mol. The van der Waals surface area contributed by atoms with Gasteiger partial charge >= 0.3 is 0 Å². The Morgan fingerprint density at radius 1 is 1.14 bits per heavy atom. The minimum absolute atomic E-state index is 0.112. The molecule has 28 heavy (non-hydrogen) atoms. The van der Waals surface area contributed by atoms with Crippen LogP contribution in [0.2, 0.25) is 0 Å². The van der Waals surface area contributed by atoms with E-state index in [0.29, 0.717) is 5.69 Å². The van der Waals surface area contributed by atoms with Crippen LogP contribution in [0.3, 0.4) is 0 Å². The SMILES string of the molecule is Cc1nc(C)c(-c2ccc(=O)n(CCNS(=O)(=O)c3c(F)cccc3F)n2)s1. The van der Waals surface area contributed by atoms with Gasteiger partial charge in [0.15, 0.2) is 4.90 Å². The molecule has 0 aliphatic heterocycles. The lowest BCUT2D eigenvalue weighted by Crippen LogP contribution is -2.32. The van der Waals surface area contributed by atoms with Gasteiger partial charge in [-0.25, -0.2) is 31.6 Å². The standard InChI is InChI=1S/C17H16F2N4O3S2/c1-10-16(27-11(2)21-10)14-6-7-15(24)23(22-14)9-8-20-28(25,26)17-12(18)4-3-5-13(17)19/h3-7,20H,8-9H2,1-2H3. The van der Waals surface area contributed by atoms with Crippen LogP contribution in [0.4, 0.5) is 8.78 Å². The molecular weight excluding hydrogens is 410 g/mol. The molecular formula is C17H16F2N4O3S2. The van der Waals surface area contributed by atoms with Crippen LogP contribution in [0, 0.1) is 25.5 Å². The lowest BCUT2D eigenvalue weighted by Gasteiger charge is -2.10. The highest BCUT2D eigenvalue weighted by molar-refractivity contribution is 7.89. The van der Waals surface area contributed by atoms with Crippen LogP contribution < -0.4 is 10.3 Å². The highest BCUT2D eigenvalue weighted by Crippen LogP contribution is 2.27. The molecule has 0 spiro atoms. The van der Waals surface area contributed by atoms with Crippen molar-refractivity contribution in [2.24, 2.45) is 0 Å². The molecule has 0 unspecified atom stereocenters. The second kappa shape index (κ2) is 7.86. The van der Waals surface area contributed by atoms with Crippen molar-refractivity contribution in [2.45, 2.75) is 25.3 Å². The van der Waals surface area contributed by atoms with E-state index in [9.17, 15) is 22.0 Å². The molecule has 2 heterocycles. The van der Waals surface area contributed by atoms with Crippen molar-refractivity contribution in [3.8, 4) is 10.6 Å². The van der Waals surface area contributed by atoms with Gasteiger partial charge in [0, 0.05) is 12.6 Å². The first-order valence-electron chi connectivity index (χ1n) is 8.15. The molecule has 0 radical (unpaired) electrons. The van der Waals surface area contributed by atoms with Gasteiger partial charge in [0.2, 0.25) is 10.0 Å². The summed E-state index contributed by atoms with van der Waals surface area (Å²) in [5.41, 5.74) is 0.876. The number of benzene rings is 1. The van der Waals surface area contributed by atoms with Crippen LogP contribution >= 0.6 is 11.3 Å². The Morgan fingerprint density at radius 3 is 2.43 bits per heavy atom. The molecule has 0 bridgehead atoms. The van der Waals surface area contributed by atoms with E-state index in [4.69, 9.17) is 0 Å². The molecule has 2 aromatic heterocycles. The van der Waals surface area contributed by atoms with Crippen molar-refractivity contribution in [2.75, 3.05) is 6.54 Å². The smallest absolute Gasteiger partial charge is 0.266 e. The molecule has 3 rings (SSSR count). The minimum atomic E-state index is -4.42. The number of rotatable bonds is 6. The van der Waals surface area contributed by atoms with Crippen molar-refractivity contribution < 1.29 is 17.2 Å². The van der Waals surface area contributed by atoms with Gasteiger partial charge in [0.25, 0.3) is 5.56 Å². The summed E-state index contributed by atoms with van der Waals surface area (Å²) >= 11 is 1.43. The summed E-state index contributed by atoms with van der Waals surface area (Å²) in [6.45, 7) is 3.30.